The summed E-state index contributed by atoms with van der Waals surface area (Å²) in [5.74, 6) is 0.765. The molecule has 1 aromatic rings. The number of hydrogen-bond donors (Lipinski definition) is 1. The number of aromatic nitrogens is 2. The first kappa shape index (κ1) is 14.5. The minimum Gasteiger partial charge on any atom is -0.272 e. The lowest BCUT2D eigenvalue weighted by Crippen LogP contribution is -2.37. The van der Waals surface area contributed by atoms with Gasteiger partial charge in [0.25, 0.3) is 0 Å². The van der Waals surface area contributed by atoms with E-state index in [4.69, 9.17) is 0 Å². The van der Waals surface area contributed by atoms with Gasteiger partial charge < -0.3 is 0 Å². The van der Waals surface area contributed by atoms with Gasteiger partial charge >= 0.3 is 0 Å². The van der Waals surface area contributed by atoms with Crippen LogP contribution < -0.4 is 4.72 Å². The Morgan fingerprint density at radius 3 is 2.47 bits per heavy atom. The lowest BCUT2D eigenvalue weighted by molar-refractivity contribution is 0.306. The van der Waals surface area contributed by atoms with Gasteiger partial charge in [-0.05, 0) is 38.5 Å². The topological polar surface area (TPSA) is 64.0 Å². The average Bonchev–Trinajstić information content (AvgIpc) is 2.71. The Hall–Kier alpha value is -0.880. The molecule has 0 spiro atoms. The Balaban J connectivity index is 2.04. The maximum Gasteiger partial charge on any atom is 0.244 e. The lowest BCUT2D eigenvalue weighted by Gasteiger charge is -2.28. The fourth-order valence-corrected chi connectivity index (χ4v) is 4.22. The minimum absolute atomic E-state index is 0.0763. The van der Waals surface area contributed by atoms with Crippen molar-refractivity contribution in [2.24, 2.45) is 13.0 Å². The molecule has 1 fully saturated rings. The molecule has 5 nitrogen and oxygen atoms in total. The van der Waals surface area contributed by atoms with Gasteiger partial charge in [-0.1, -0.05) is 13.3 Å². The van der Waals surface area contributed by atoms with Gasteiger partial charge in [-0.15, -0.1) is 0 Å². The highest BCUT2D eigenvalue weighted by atomic mass is 32.2. The van der Waals surface area contributed by atoms with Gasteiger partial charge in [0.1, 0.15) is 4.90 Å². The van der Waals surface area contributed by atoms with Crippen LogP contribution in [0.4, 0.5) is 0 Å². The SMILES string of the molecule is CCC1CCC(NS(=O)(=O)c2cnn(C)c2C)CC1. The lowest BCUT2D eigenvalue weighted by atomic mass is 9.85. The molecule has 1 aromatic heterocycles. The second-order valence-corrected chi connectivity index (χ2v) is 7.15. The van der Waals surface area contributed by atoms with Gasteiger partial charge in [0.05, 0.1) is 11.9 Å². The first-order chi connectivity index (χ1) is 8.94. The third-order valence-electron chi connectivity index (χ3n) is 4.23. The predicted octanol–water partition coefficient (Wildman–Crippen LogP) is 1.98. The predicted molar refractivity (Wildman–Crippen MR) is 74.3 cm³/mol. The largest absolute Gasteiger partial charge is 0.272 e. The first-order valence-electron chi connectivity index (χ1n) is 6.95. The molecule has 6 heteroatoms. The van der Waals surface area contributed by atoms with Gasteiger partial charge in [0.15, 0.2) is 0 Å². The van der Waals surface area contributed by atoms with Crippen LogP contribution in [-0.4, -0.2) is 24.2 Å². The number of rotatable bonds is 4. The van der Waals surface area contributed by atoms with Crippen molar-refractivity contribution in [3.8, 4) is 0 Å². The van der Waals surface area contributed by atoms with Crippen molar-refractivity contribution in [3.05, 3.63) is 11.9 Å². The summed E-state index contributed by atoms with van der Waals surface area (Å²) in [6, 6.07) is 0.0763. The van der Waals surface area contributed by atoms with Crippen LogP contribution >= 0.6 is 0 Å². The van der Waals surface area contributed by atoms with Crippen LogP contribution in [0.15, 0.2) is 11.1 Å². The average molecular weight is 285 g/mol. The van der Waals surface area contributed by atoms with E-state index in [2.05, 4.69) is 16.7 Å². The Kier molecular flexibility index (Phi) is 4.30. The molecule has 0 atom stereocenters. The summed E-state index contributed by atoms with van der Waals surface area (Å²) in [6.45, 7) is 3.98. The van der Waals surface area contributed by atoms with Gasteiger partial charge in [0, 0.05) is 13.1 Å². The molecule has 1 saturated carbocycles. The molecular weight excluding hydrogens is 262 g/mol. The number of nitrogens with one attached hydrogen (secondary N) is 1. The van der Waals surface area contributed by atoms with E-state index in [1.165, 1.54) is 12.6 Å². The van der Waals surface area contributed by atoms with Crippen LogP contribution in [0.25, 0.3) is 0 Å². The third kappa shape index (κ3) is 3.17. The number of sulfonamides is 1. The van der Waals surface area contributed by atoms with Crippen molar-refractivity contribution < 1.29 is 8.42 Å². The Bertz CT molecular complexity index is 528. The second kappa shape index (κ2) is 5.63. The Labute approximate surface area is 115 Å². The quantitative estimate of drug-likeness (QED) is 0.920. The van der Waals surface area contributed by atoms with E-state index in [0.717, 1.165) is 31.6 Å². The molecule has 1 aliphatic rings. The first-order valence-corrected chi connectivity index (χ1v) is 8.43. The fraction of sp³-hybridized carbons (Fsp3) is 0.769. The van der Waals surface area contributed by atoms with Crippen LogP contribution in [0.5, 0.6) is 0 Å². The van der Waals surface area contributed by atoms with E-state index in [9.17, 15) is 8.42 Å². The van der Waals surface area contributed by atoms with Crippen molar-refractivity contribution in [2.75, 3.05) is 0 Å². The third-order valence-corrected chi connectivity index (χ3v) is 5.85. The molecule has 0 bridgehead atoms. The standard InChI is InChI=1S/C13H23N3O2S/c1-4-11-5-7-12(8-6-11)15-19(17,18)13-9-14-16(3)10(13)2/h9,11-12,15H,4-8H2,1-3H3. The van der Waals surface area contributed by atoms with E-state index >= 15 is 0 Å². The van der Waals surface area contributed by atoms with Crippen molar-refractivity contribution in [1.82, 2.24) is 14.5 Å². The molecule has 1 aliphatic carbocycles. The molecule has 108 valence electrons. The smallest absolute Gasteiger partial charge is 0.244 e. The zero-order valence-electron chi connectivity index (χ0n) is 11.9. The molecule has 0 saturated heterocycles. The van der Waals surface area contributed by atoms with Crippen LogP contribution in [-0.2, 0) is 17.1 Å². The number of hydrogen-bond acceptors (Lipinski definition) is 3. The zero-order valence-corrected chi connectivity index (χ0v) is 12.7. The highest BCUT2D eigenvalue weighted by Gasteiger charge is 2.27. The zero-order chi connectivity index (χ0) is 14.0. The van der Waals surface area contributed by atoms with Crippen molar-refractivity contribution in [3.63, 3.8) is 0 Å². The minimum atomic E-state index is -3.43. The van der Waals surface area contributed by atoms with Crippen molar-refractivity contribution >= 4 is 10.0 Å². The van der Waals surface area contributed by atoms with Gasteiger partial charge in [0.2, 0.25) is 10.0 Å². The van der Waals surface area contributed by atoms with Gasteiger partial charge in [-0.3, -0.25) is 4.68 Å². The van der Waals surface area contributed by atoms with Crippen molar-refractivity contribution in [1.29, 1.82) is 0 Å². The summed E-state index contributed by atoms with van der Waals surface area (Å²) in [7, 11) is -1.68. The van der Waals surface area contributed by atoms with Crippen LogP contribution in [0, 0.1) is 12.8 Å². The van der Waals surface area contributed by atoms with Gasteiger partial charge in [-0.2, -0.15) is 5.10 Å². The van der Waals surface area contributed by atoms with E-state index in [-0.39, 0.29) is 6.04 Å². The molecule has 0 amide bonds. The normalized spacial score (nSPS) is 24.6. The van der Waals surface area contributed by atoms with Crippen LogP contribution in [0.1, 0.15) is 44.7 Å². The highest BCUT2D eigenvalue weighted by Crippen LogP contribution is 2.27. The number of nitrogens with zero attached hydrogens (tertiary/aromatic N) is 2. The molecule has 0 unspecified atom stereocenters. The molecular formula is C13H23N3O2S. The molecule has 0 aliphatic heterocycles. The summed E-state index contributed by atoms with van der Waals surface area (Å²) >= 11 is 0. The van der Waals surface area contributed by atoms with E-state index in [0.29, 0.717) is 10.6 Å². The van der Waals surface area contributed by atoms with Crippen LogP contribution in [0.3, 0.4) is 0 Å². The Morgan fingerprint density at radius 1 is 1.37 bits per heavy atom. The molecule has 0 radical (unpaired) electrons. The molecule has 1 heterocycles. The number of aryl methyl sites for hydroxylation is 1. The summed E-state index contributed by atoms with van der Waals surface area (Å²) in [5.41, 5.74) is 0.676. The molecule has 2 rings (SSSR count). The van der Waals surface area contributed by atoms with Gasteiger partial charge in [-0.25, -0.2) is 13.1 Å². The summed E-state index contributed by atoms with van der Waals surface area (Å²) in [5, 5.41) is 4.00. The summed E-state index contributed by atoms with van der Waals surface area (Å²) in [6.07, 6.45) is 6.75. The maximum absolute atomic E-state index is 12.3. The monoisotopic (exact) mass is 285 g/mol. The molecule has 1 N–H and O–H groups in total. The van der Waals surface area contributed by atoms with E-state index in [1.807, 2.05) is 0 Å². The fourth-order valence-electron chi connectivity index (χ4n) is 2.71. The maximum atomic E-state index is 12.3. The Morgan fingerprint density at radius 2 is 2.00 bits per heavy atom. The summed E-state index contributed by atoms with van der Waals surface area (Å²) < 4.78 is 29.1. The van der Waals surface area contributed by atoms with E-state index in [1.54, 1.807) is 18.7 Å². The summed E-state index contributed by atoms with van der Waals surface area (Å²) in [4.78, 5) is 0.299. The molecule has 0 aromatic carbocycles. The highest BCUT2D eigenvalue weighted by molar-refractivity contribution is 7.89. The molecule has 19 heavy (non-hydrogen) atoms. The van der Waals surface area contributed by atoms with Crippen LogP contribution in [0.2, 0.25) is 0 Å². The van der Waals surface area contributed by atoms with E-state index < -0.39 is 10.0 Å². The second-order valence-electron chi connectivity index (χ2n) is 5.47. The van der Waals surface area contributed by atoms with Crippen molar-refractivity contribution in [2.45, 2.75) is 56.9 Å².